The molecule has 14 nitrogen and oxygen atoms in total. The van der Waals surface area contributed by atoms with Crippen LogP contribution in [-0.2, 0) is 52.5 Å². The average molecular weight is 783 g/mol. The number of aromatic nitrogens is 1. The van der Waals surface area contributed by atoms with E-state index in [1.807, 2.05) is 61.5 Å². The minimum absolute atomic E-state index is 0.0328. The summed E-state index contributed by atoms with van der Waals surface area (Å²) in [7, 11) is -4.66. The molecule has 6 rings (SSSR count). The minimum Gasteiger partial charge on any atom is -0.457 e. The van der Waals surface area contributed by atoms with E-state index in [9.17, 15) is 23.7 Å². The molecule has 0 aliphatic carbocycles. The van der Waals surface area contributed by atoms with Gasteiger partial charge < -0.3 is 33.7 Å². The number of para-hydroxylation sites is 2. The molecule has 1 amide bonds. The number of phosphoric ester groups is 1. The highest BCUT2D eigenvalue weighted by Crippen LogP contribution is 2.37. The Hall–Kier alpha value is -6.05. The number of amides is 1. The number of benzene rings is 4. The van der Waals surface area contributed by atoms with Crippen molar-refractivity contribution in [3.63, 3.8) is 0 Å². The molecule has 1 unspecified atom stereocenters. The maximum atomic E-state index is 14.1. The van der Waals surface area contributed by atoms with E-state index in [4.69, 9.17) is 28.4 Å². The average Bonchev–Trinajstić information content (AvgIpc) is 3.77. The van der Waals surface area contributed by atoms with E-state index in [0.717, 1.165) is 10.9 Å². The van der Waals surface area contributed by atoms with Crippen LogP contribution in [0.15, 0.2) is 120 Å². The van der Waals surface area contributed by atoms with Crippen molar-refractivity contribution >= 4 is 53.6 Å². The maximum Gasteiger partial charge on any atom is 0.469 e. The molecule has 0 saturated heterocycles. The van der Waals surface area contributed by atoms with Gasteiger partial charge in [0.25, 0.3) is 0 Å². The zero-order valence-electron chi connectivity index (χ0n) is 30.5. The van der Waals surface area contributed by atoms with Gasteiger partial charge in [-0.05, 0) is 67.3 Å². The monoisotopic (exact) mass is 782 g/mol. The largest absolute Gasteiger partial charge is 0.469 e. The third-order valence-corrected chi connectivity index (χ3v) is 9.58. The molecule has 3 N–H and O–H groups in total. The van der Waals surface area contributed by atoms with E-state index in [1.165, 1.54) is 35.0 Å². The fourth-order valence-electron chi connectivity index (χ4n) is 6.19. The molecule has 6 aromatic rings. The Kier molecular flexibility index (Phi) is 12.2. The van der Waals surface area contributed by atoms with Crippen molar-refractivity contribution in [3.8, 4) is 0 Å². The van der Waals surface area contributed by atoms with Gasteiger partial charge in [-0.25, -0.2) is 14.2 Å². The van der Waals surface area contributed by atoms with Crippen LogP contribution in [-0.4, -0.2) is 45.1 Å². The molecule has 0 spiro atoms. The quantitative estimate of drug-likeness (QED) is 0.0534. The number of fused-ring (bicyclic) bond motifs is 2. The first-order valence-electron chi connectivity index (χ1n) is 17.5. The molecular formula is C41H39N2O12P. The number of esters is 2. The second-order valence-corrected chi connectivity index (χ2v) is 14.6. The Balaban J connectivity index is 1.16. The van der Waals surface area contributed by atoms with Gasteiger partial charge in [0.05, 0.1) is 35.6 Å². The van der Waals surface area contributed by atoms with Gasteiger partial charge in [0.2, 0.25) is 12.7 Å². The van der Waals surface area contributed by atoms with Gasteiger partial charge in [-0.1, -0.05) is 78.9 Å². The Bertz CT molecular complexity index is 2370. The predicted octanol–water partition coefficient (Wildman–Crippen LogP) is 7.36. The van der Waals surface area contributed by atoms with Gasteiger partial charge in [0.1, 0.15) is 18.0 Å². The highest BCUT2D eigenvalue weighted by molar-refractivity contribution is 7.46. The van der Waals surface area contributed by atoms with Gasteiger partial charge in [-0.2, -0.15) is 0 Å². The van der Waals surface area contributed by atoms with Crippen LogP contribution < -0.4 is 5.32 Å². The molecule has 0 saturated carbocycles. The van der Waals surface area contributed by atoms with Crippen LogP contribution >= 0.6 is 7.82 Å². The molecule has 0 radical (unpaired) electrons. The van der Waals surface area contributed by atoms with Crippen molar-refractivity contribution in [1.29, 1.82) is 0 Å². The predicted molar refractivity (Wildman–Crippen MR) is 203 cm³/mol. The third kappa shape index (κ3) is 9.97. The molecule has 2 heterocycles. The summed E-state index contributed by atoms with van der Waals surface area (Å²) in [6.07, 6.45) is 0.404. The summed E-state index contributed by atoms with van der Waals surface area (Å²) in [5, 5.41) is 4.55. The molecular weight excluding hydrogens is 743 g/mol. The molecule has 56 heavy (non-hydrogen) atoms. The Morgan fingerprint density at radius 3 is 2.29 bits per heavy atom. The zero-order chi connectivity index (χ0) is 39.9. The summed E-state index contributed by atoms with van der Waals surface area (Å²) < 4.78 is 38.5. The fraction of sp³-hybridized carbons (Fsp3) is 0.220. The van der Waals surface area contributed by atoms with Crippen molar-refractivity contribution in [2.75, 3.05) is 6.79 Å². The van der Waals surface area contributed by atoms with Crippen LogP contribution in [0.25, 0.3) is 21.9 Å². The zero-order valence-corrected chi connectivity index (χ0v) is 31.3. The molecule has 2 atom stereocenters. The smallest absolute Gasteiger partial charge is 0.457 e. The lowest BCUT2D eigenvalue weighted by molar-refractivity contribution is -0.151. The van der Waals surface area contributed by atoms with Crippen molar-refractivity contribution in [2.24, 2.45) is 5.41 Å². The Labute approximate surface area is 321 Å². The van der Waals surface area contributed by atoms with Crippen LogP contribution in [0.3, 0.4) is 0 Å². The first-order chi connectivity index (χ1) is 26.8. The number of furan rings is 1. The lowest BCUT2D eigenvalue weighted by Crippen LogP contribution is -2.43. The lowest BCUT2D eigenvalue weighted by atomic mass is 9.79. The van der Waals surface area contributed by atoms with Crippen molar-refractivity contribution < 1.29 is 56.7 Å². The van der Waals surface area contributed by atoms with E-state index in [2.05, 4.69) is 9.84 Å². The first kappa shape index (κ1) is 39.6. The summed E-state index contributed by atoms with van der Waals surface area (Å²) in [5.41, 5.74) is 1.73. The standard InChI is InChI=1S/C41H39N2O12P/c1-27(29-10-4-3-5-11-29)42-39(46)41(2,22-37(44)51-25-33-20-31-12-6-9-15-36(31)55-33)21-32-23-43(35-14-8-7-13-34(32)35)40(47)53-26-52-38(45)30-18-16-28(17-19-30)24-54-56(48,49)50/h3-20,23,27H,21-22,24-26H2,1-2H3,(H,42,46)(H2,48,49,50)/t27?,41-/m0/s1. The van der Waals surface area contributed by atoms with Gasteiger partial charge in [0, 0.05) is 17.0 Å². The summed E-state index contributed by atoms with van der Waals surface area (Å²) >= 11 is 0. The van der Waals surface area contributed by atoms with Crippen molar-refractivity contribution in [1.82, 2.24) is 9.88 Å². The Morgan fingerprint density at radius 2 is 1.55 bits per heavy atom. The third-order valence-electron chi connectivity index (χ3n) is 9.12. The topological polar surface area (TPSA) is 193 Å². The molecule has 0 aliphatic rings. The molecule has 4 aromatic carbocycles. The van der Waals surface area contributed by atoms with E-state index >= 15 is 0 Å². The molecule has 0 fully saturated rings. The highest BCUT2D eigenvalue weighted by Gasteiger charge is 2.38. The van der Waals surface area contributed by atoms with E-state index < -0.39 is 44.0 Å². The summed E-state index contributed by atoms with van der Waals surface area (Å²) in [4.78, 5) is 71.3. The van der Waals surface area contributed by atoms with E-state index in [1.54, 1.807) is 37.3 Å². The fourth-order valence-corrected chi connectivity index (χ4v) is 6.51. The summed E-state index contributed by atoms with van der Waals surface area (Å²) in [5.74, 6) is -1.37. The number of nitrogens with one attached hydrogen (secondary N) is 1. The van der Waals surface area contributed by atoms with E-state index in [0.29, 0.717) is 33.4 Å². The number of phosphoric acid groups is 1. The van der Waals surface area contributed by atoms with Crippen LogP contribution in [0, 0.1) is 5.41 Å². The number of carbonyl (C=O) groups excluding carboxylic acids is 4. The molecule has 290 valence electrons. The number of nitrogens with zero attached hydrogens (tertiary/aromatic N) is 1. The number of carbonyl (C=O) groups is 4. The van der Waals surface area contributed by atoms with Crippen molar-refractivity contribution in [2.45, 2.75) is 45.9 Å². The van der Waals surface area contributed by atoms with Crippen LogP contribution in [0.5, 0.6) is 0 Å². The normalized spacial score (nSPS) is 13.1. The first-order valence-corrected chi connectivity index (χ1v) is 19.0. The lowest BCUT2D eigenvalue weighted by Gasteiger charge is -2.29. The van der Waals surface area contributed by atoms with Crippen LogP contribution in [0.4, 0.5) is 4.79 Å². The summed E-state index contributed by atoms with van der Waals surface area (Å²) in [6.45, 7) is 2.30. The summed E-state index contributed by atoms with van der Waals surface area (Å²) in [6, 6.07) is 30.8. The van der Waals surface area contributed by atoms with Gasteiger partial charge >= 0.3 is 25.9 Å². The Morgan fingerprint density at radius 1 is 0.857 bits per heavy atom. The second kappa shape index (κ2) is 17.2. The SMILES string of the molecule is CC(NC(=O)[C@](C)(CC(=O)OCc1cc2ccccc2o1)Cc1cn(C(=O)OCOC(=O)c2ccc(COP(=O)(O)O)cc2)c2ccccc12)c1ccccc1. The van der Waals surface area contributed by atoms with Gasteiger partial charge in [0.15, 0.2) is 0 Å². The second-order valence-electron chi connectivity index (χ2n) is 13.4. The number of rotatable bonds is 15. The molecule has 0 bridgehead atoms. The van der Waals surface area contributed by atoms with Crippen molar-refractivity contribution in [3.05, 3.63) is 143 Å². The van der Waals surface area contributed by atoms with Crippen LogP contribution in [0.1, 0.15) is 59.1 Å². The molecule has 0 aliphatic heterocycles. The maximum absolute atomic E-state index is 14.1. The number of ether oxygens (including phenoxy) is 3. The van der Waals surface area contributed by atoms with Gasteiger partial charge in [-0.15, -0.1) is 0 Å². The van der Waals surface area contributed by atoms with Gasteiger partial charge in [-0.3, -0.25) is 18.7 Å². The number of hydrogen-bond donors (Lipinski definition) is 3. The molecule has 15 heteroatoms. The molecule has 2 aromatic heterocycles. The number of hydrogen-bond acceptors (Lipinski definition) is 10. The van der Waals surface area contributed by atoms with E-state index in [-0.39, 0.29) is 37.7 Å². The highest BCUT2D eigenvalue weighted by atomic mass is 31.2. The van der Waals surface area contributed by atoms with Crippen LogP contribution in [0.2, 0.25) is 0 Å². The minimum atomic E-state index is -4.66.